The van der Waals surface area contributed by atoms with Gasteiger partial charge in [-0.3, -0.25) is 9.36 Å². The molecule has 2 heterocycles. The monoisotopic (exact) mass is 464 g/mol. The van der Waals surface area contributed by atoms with Gasteiger partial charge in [0.05, 0.1) is 29.9 Å². The van der Waals surface area contributed by atoms with Crippen LogP contribution in [0.3, 0.4) is 0 Å². The van der Waals surface area contributed by atoms with Gasteiger partial charge in [0.1, 0.15) is 17.1 Å². The minimum absolute atomic E-state index is 0.125. The normalized spacial score (nSPS) is 11.4. The Morgan fingerprint density at radius 2 is 2.10 bits per heavy atom. The number of carbonyl (C=O) groups excluding carboxylic acids is 1. The summed E-state index contributed by atoms with van der Waals surface area (Å²) in [5.74, 6) is 1.04. The molecule has 0 radical (unpaired) electrons. The molecule has 0 saturated carbocycles. The number of rotatable bonds is 9. The lowest BCUT2D eigenvalue weighted by molar-refractivity contribution is 0.0598. The molecular formula is C22H25ClN2O5S. The summed E-state index contributed by atoms with van der Waals surface area (Å²) in [7, 11) is 1.33. The van der Waals surface area contributed by atoms with E-state index >= 15 is 0 Å². The Kier molecular flexibility index (Phi) is 7.80. The van der Waals surface area contributed by atoms with Crippen molar-refractivity contribution in [3.05, 3.63) is 56.7 Å². The highest BCUT2D eigenvalue weighted by Crippen LogP contribution is 2.26. The van der Waals surface area contributed by atoms with E-state index in [-0.39, 0.29) is 11.7 Å². The number of benzene rings is 1. The highest BCUT2D eigenvalue weighted by atomic mass is 35.5. The smallest absolute Gasteiger partial charge is 0.341 e. The van der Waals surface area contributed by atoms with Crippen LogP contribution in [0.1, 0.15) is 42.1 Å². The zero-order chi connectivity index (χ0) is 22.5. The number of esters is 1. The van der Waals surface area contributed by atoms with Crippen molar-refractivity contribution in [2.24, 2.45) is 0 Å². The lowest BCUT2D eigenvalue weighted by Crippen LogP contribution is -2.24. The molecule has 0 saturated heterocycles. The molecule has 0 aliphatic rings. The third-order valence-electron chi connectivity index (χ3n) is 4.58. The molecule has 0 aliphatic heterocycles. The van der Waals surface area contributed by atoms with Crippen LogP contribution in [0.4, 0.5) is 0 Å². The Morgan fingerprint density at radius 3 is 2.81 bits per heavy atom. The van der Waals surface area contributed by atoms with Crippen LogP contribution < -0.4 is 5.56 Å². The summed E-state index contributed by atoms with van der Waals surface area (Å²) in [6.45, 7) is 6.68. The van der Waals surface area contributed by atoms with Gasteiger partial charge in [0, 0.05) is 18.2 Å². The molecule has 0 bridgehead atoms. The van der Waals surface area contributed by atoms with Gasteiger partial charge in [-0.2, -0.15) is 0 Å². The van der Waals surface area contributed by atoms with Gasteiger partial charge in [-0.1, -0.05) is 23.4 Å². The first-order chi connectivity index (χ1) is 14.8. The van der Waals surface area contributed by atoms with Crippen molar-refractivity contribution < 1.29 is 18.7 Å². The molecule has 0 unspecified atom stereocenters. The number of fused-ring (bicyclic) bond motifs is 1. The van der Waals surface area contributed by atoms with Crippen LogP contribution in [0.25, 0.3) is 10.9 Å². The number of aryl methyl sites for hydroxylation is 1. The molecule has 0 amide bonds. The standard InChI is InChI=1S/C22H25ClN2O5S/c1-13(2)29-9-5-8-25-20(26)17-7-6-15(23)10-19(17)24-22(25)31-12-16-11-18(14(3)30-16)21(27)28-4/h6-7,10-11,13H,5,8-9,12H2,1-4H3. The van der Waals surface area contributed by atoms with Gasteiger partial charge in [-0.05, 0) is 51.5 Å². The van der Waals surface area contributed by atoms with E-state index in [9.17, 15) is 9.59 Å². The van der Waals surface area contributed by atoms with E-state index in [2.05, 4.69) is 4.98 Å². The Bertz CT molecular complexity index is 1140. The first kappa shape index (κ1) is 23.4. The van der Waals surface area contributed by atoms with E-state index in [1.807, 2.05) is 13.8 Å². The van der Waals surface area contributed by atoms with Gasteiger partial charge in [-0.15, -0.1) is 0 Å². The number of carbonyl (C=O) groups is 1. The fraction of sp³-hybridized carbons (Fsp3) is 0.409. The zero-order valence-electron chi connectivity index (χ0n) is 17.9. The Morgan fingerprint density at radius 1 is 1.32 bits per heavy atom. The van der Waals surface area contributed by atoms with Crippen molar-refractivity contribution in [1.29, 1.82) is 0 Å². The molecule has 0 N–H and O–H groups in total. The predicted molar refractivity (Wildman–Crippen MR) is 121 cm³/mol. The van der Waals surface area contributed by atoms with Gasteiger partial charge in [0.15, 0.2) is 5.16 Å². The first-order valence-corrected chi connectivity index (χ1v) is 11.3. The third-order valence-corrected chi connectivity index (χ3v) is 5.81. The lowest BCUT2D eigenvalue weighted by Gasteiger charge is -2.14. The summed E-state index contributed by atoms with van der Waals surface area (Å²) >= 11 is 7.46. The van der Waals surface area contributed by atoms with E-state index in [1.54, 1.807) is 35.8 Å². The van der Waals surface area contributed by atoms with Crippen molar-refractivity contribution >= 4 is 40.2 Å². The predicted octanol–water partition coefficient (Wildman–Crippen LogP) is 4.85. The van der Waals surface area contributed by atoms with Crippen LogP contribution in [0, 0.1) is 6.92 Å². The molecule has 3 aromatic rings. The van der Waals surface area contributed by atoms with E-state index in [4.69, 9.17) is 25.5 Å². The van der Waals surface area contributed by atoms with Crippen LogP contribution in [0.2, 0.25) is 5.02 Å². The number of furan rings is 1. The minimum atomic E-state index is -0.446. The maximum Gasteiger partial charge on any atom is 0.341 e. The second kappa shape index (κ2) is 10.3. The van der Waals surface area contributed by atoms with Crippen molar-refractivity contribution in [3.63, 3.8) is 0 Å². The second-order valence-electron chi connectivity index (χ2n) is 7.25. The van der Waals surface area contributed by atoms with Crippen molar-refractivity contribution in [2.45, 2.75) is 50.8 Å². The van der Waals surface area contributed by atoms with E-state index < -0.39 is 5.97 Å². The summed E-state index contributed by atoms with van der Waals surface area (Å²) in [6, 6.07) is 6.72. The number of thioether (sulfide) groups is 1. The number of methoxy groups -OCH3 is 1. The maximum absolute atomic E-state index is 13.1. The number of ether oxygens (including phenoxy) is 2. The molecule has 7 nitrogen and oxygen atoms in total. The average Bonchev–Trinajstić information content (AvgIpc) is 3.10. The Hall–Kier alpha value is -2.29. The largest absolute Gasteiger partial charge is 0.465 e. The first-order valence-electron chi connectivity index (χ1n) is 9.92. The number of halogens is 1. The Labute approximate surface area is 189 Å². The summed E-state index contributed by atoms with van der Waals surface area (Å²) in [6.07, 6.45) is 0.812. The second-order valence-corrected chi connectivity index (χ2v) is 8.63. The molecule has 1 aromatic carbocycles. The van der Waals surface area contributed by atoms with Gasteiger partial charge < -0.3 is 13.9 Å². The van der Waals surface area contributed by atoms with E-state index in [1.165, 1.54) is 18.9 Å². The highest BCUT2D eigenvalue weighted by Gasteiger charge is 2.17. The van der Waals surface area contributed by atoms with Crippen LogP contribution >= 0.6 is 23.4 Å². The van der Waals surface area contributed by atoms with Crippen LogP contribution in [0.15, 0.2) is 38.6 Å². The molecular weight excluding hydrogens is 440 g/mol. The molecule has 0 aliphatic carbocycles. The van der Waals surface area contributed by atoms with Crippen molar-refractivity contribution in [1.82, 2.24) is 9.55 Å². The molecule has 0 atom stereocenters. The SMILES string of the molecule is COC(=O)c1cc(CSc2nc3cc(Cl)ccc3c(=O)n2CCCOC(C)C)oc1C. The summed E-state index contributed by atoms with van der Waals surface area (Å²) < 4.78 is 17.7. The molecule has 2 aromatic heterocycles. The fourth-order valence-corrected chi connectivity index (χ4v) is 4.16. The quantitative estimate of drug-likeness (QED) is 0.194. The van der Waals surface area contributed by atoms with Crippen LogP contribution in [-0.2, 0) is 21.8 Å². The lowest BCUT2D eigenvalue weighted by atomic mass is 10.2. The van der Waals surface area contributed by atoms with Crippen molar-refractivity contribution in [2.75, 3.05) is 13.7 Å². The summed E-state index contributed by atoms with van der Waals surface area (Å²) in [5, 5.41) is 1.58. The topological polar surface area (TPSA) is 83.6 Å². The molecule has 0 spiro atoms. The van der Waals surface area contributed by atoms with Crippen LogP contribution in [0.5, 0.6) is 0 Å². The van der Waals surface area contributed by atoms with Gasteiger partial charge in [-0.25, -0.2) is 9.78 Å². The molecule has 31 heavy (non-hydrogen) atoms. The number of nitrogens with zero attached hydrogens (tertiary/aromatic N) is 2. The molecule has 166 valence electrons. The molecule has 0 fully saturated rings. The number of hydrogen-bond donors (Lipinski definition) is 0. The van der Waals surface area contributed by atoms with E-state index in [0.29, 0.717) is 63.5 Å². The Balaban J connectivity index is 1.88. The number of hydrogen-bond acceptors (Lipinski definition) is 7. The van der Waals surface area contributed by atoms with Crippen molar-refractivity contribution in [3.8, 4) is 0 Å². The van der Waals surface area contributed by atoms with E-state index in [0.717, 1.165) is 0 Å². The fourth-order valence-electron chi connectivity index (χ4n) is 3.09. The van der Waals surface area contributed by atoms with Gasteiger partial charge in [0.25, 0.3) is 5.56 Å². The minimum Gasteiger partial charge on any atom is -0.465 e. The van der Waals surface area contributed by atoms with Gasteiger partial charge in [0.2, 0.25) is 0 Å². The summed E-state index contributed by atoms with van der Waals surface area (Å²) in [5.41, 5.74) is 0.805. The highest BCUT2D eigenvalue weighted by molar-refractivity contribution is 7.98. The number of aromatic nitrogens is 2. The maximum atomic E-state index is 13.1. The molecule has 3 rings (SSSR count). The van der Waals surface area contributed by atoms with Gasteiger partial charge >= 0.3 is 5.97 Å². The van der Waals surface area contributed by atoms with Crippen LogP contribution in [-0.4, -0.2) is 35.3 Å². The zero-order valence-corrected chi connectivity index (χ0v) is 19.5. The average molecular weight is 465 g/mol. The third kappa shape index (κ3) is 5.70. The summed E-state index contributed by atoms with van der Waals surface area (Å²) in [4.78, 5) is 29.6. The molecule has 9 heteroatoms.